The highest BCUT2D eigenvalue weighted by Crippen LogP contribution is 2.50. The standard InChI is InChI=1S/C14H21N2O6P/c1-3-20-23(19,21-4-2)10-8-11-5-6-13(22-11)16-9-7-12(17)15-14(16)18/h7-11,13H,3-6H2,1-2H3,(H,15,17,18)/b10-8+/t11-,13+/m0/s1. The summed E-state index contributed by atoms with van der Waals surface area (Å²) in [5.74, 6) is 1.41. The fraction of sp³-hybridized carbons (Fsp3) is 0.571. The number of nitrogens with zero attached hydrogens (tertiary/aromatic N) is 1. The number of hydrogen-bond donors (Lipinski definition) is 1. The molecule has 1 fully saturated rings. The first kappa shape index (κ1) is 17.9. The van der Waals surface area contributed by atoms with Crippen molar-refractivity contribution in [2.45, 2.75) is 39.0 Å². The Morgan fingerprint density at radius 3 is 2.65 bits per heavy atom. The van der Waals surface area contributed by atoms with Crippen LogP contribution in [-0.4, -0.2) is 28.9 Å². The summed E-state index contributed by atoms with van der Waals surface area (Å²) in [6.45, 7) is 4.04. The Morgan fingerprint density at radius 2 is 2.04 bits per heavy atom. The summed E-state index contributed by atoms with van der Waals surface area (Å²) in [5, 5.41) is 0. The Hall–Kier alpha value is -1.47. The summed E-state index contributed by atoms with van der Waals surface area (Å²) in [5.41, 5.74) is -0.962. The highest BCUT2D eigenvalue weighted by Gasteiger charge is 2.27. The van der Waals surface area contributed by atoms with Crippen molar-refractivity contribution in [1.29, 1.82) is 0 Å². The molecule has 9 heteroatoms. The lowest BCUT2D eigenvalue weighted by atomic mass is 10.2. The minimum absolute atomic E-state index is 0.280. The molecule has 128 valence electrons. The molecule has 0 saturated carbocycles. The van der Waals surface area contributed by atoms with Crippen LogP contribution in [0, 0.1) is 0 Å². The van der Waals surface area contributed by atoms with Crippen LogP contribution in [0.15, 0.2) is 33.7 Å². The Balaban J connectivity index is 2.05. The second-order valence-electron chi connectivity index (χ2n) is 4.94. The normalized spacial score (nSPS) is 22.0. The van der Waals surface area contributed by atoms with Gasteiger partial charge in [-0.05, 0) is 32.8 Å². The summed E-state index contributed by atoms with van der Waals surface area (Å²) >= 11 is 0. The van der Waals surface area contributed by atoms with Gasteiger partial charge >= 0.3 is 13.3 Å². The third-order valence-electron chi connectivity index (χ3n) is 3.29. The van der Waals surface area contributed by atoms with E-state index >= 15 is 0 Å². The van der Waals surface area contributed by atoms with E-state index in [-0.39, 0.29) is 19.3 Å². The van der Waals surface area contributed by atoms with Crippen LogP contribution in [0.1, 0.15) is 32.9 Å². The Morgan fingerprint density at radius 1 is 1.35 bits per heavy atom. The molecule has 0 amide bonds. The molecule has 2 heterocycles. The van der Waals surface area contributed by atoms with E-state index in [0.717, 1.165) is 0 Å². The topological polar surface area (TPSA) is 99.6 Å². The highest BCUT2D eigenvalue weighted by molar-refractivity contribution is 7.57. The van der Waals surface area contributed by atoms with Crippen molar-refractivity contribution in [3.8, 4) is 0 Å². The number of hydrogen-bond acceptors (Lipinski definition) is 6. The van der Waals surface area contributed by atoms with Crippen LogP contribution < -0.4 is 11.2 Å². The van der Waals surface area contributed by atoms with E-state index in [1.165, 1.54) is 22.6 Å². The van der Waals surface area contributed by atoms with Crippen LogP contribution in [0.5, 0.6) is 0 Å². The fourth-order valence-electron chi connectivity index (χ4n) is 2.33. The molecule has 1 N–H and O–H groups in total. The third-order valence-corrected chi connectivity index (χ3v) is 5.07. The van der Waals surface area contributed by atoms with Gasteiger partial charge in [0.25, 0.3) is 5.56 Å². The maximum Gasteiger partial charge on any atom is 0.353 e. The second kappa shape index (κ2) is 7.88. The van der Waals surface area contributed by atoms with Gasteiger partial charge in [0.15, 0.2) is 0 Å². The van der Waals surface area contributed by atoms with E-state index in [4.69, 9.17) is 13.8 Å². The van der Waals surface area contributed by atoms with E-state index < -0.39 is 25.1 Å². The van der Waals surface area contributed by atoms with Crippen LogP contribution in [0.25, 0.3) is 0 Å². The lowest BCUT2D eigenvalue weighted by molar-refractivity contribution is 0.0202. The van der Waals surface area contributed by atoms with Crippen LogP contribution in [0.4, 0.5) is 0 Å². The van der Waals surface area contributed by atoms with E-state index in [0.29, 0.717) is 12.8 Å². The maximum atomic E-state index is 12.3. The van der Waals surface area contributed by atoms with Gasteiger partial charge in [0.05, 0.1) is 19.3 Å². The predicted octanol–water partition coefficient (Wildman–Crippen LogP) is 1.99. The zero-order valence-electron chi connectivity index (χ0n) is 13.1. The molecule has 1 aromatic heterocycles. The second-order valence-corrected chi connectivity index (χ2v) is 6.84. The molecule has 8 nitrogen and oxygen atoms in total. The van der Waals surface area contributed by atoms with Gasteiger partial charge in [-0.15, -0.1) is 0 Å². The van der Waals surface area contributed by atoms with Crippen molar-refractivity contribution >= 4 is 7.60 Å². The SMILES string of the molecule is CCOP(=O)(/C=C/[C@@H]1CC[C@H](n2ccc(=O)[nH]c2=O)O1)OCC. The first-order valence-electron chi connectivity index (χ1n) is 7.52. The Labute approximate surface area is 133 Å². The number of rotatable bonds is 7. The number of aromatic amines is 1. The minimum atomic E-state index is -3.26. The number of H-pyrrole nitrogens is 1. The zero-order chi connectivity index (χ0) is 16.9. The molecule has 1 aromatic rings. The molecule has 2 atom stereocenters. The number of aromatic nitrogens is 2. The van der Waals surface area contributed by atoms with Crippen molar-refractivity contribution in [2.75, 3.05) is 13.2 Å². The molecule has 0 aromatic carbocycles. The zero-order valence-corrected chi connectivity index (χ0v) is 14.0. The molecule has 0 aliphatic carbocycles. The Kier molecular flexibility index (Phi) is 6.12. The van der Waals surface area contributed by atoms with Gasteiger partial charge < -0.3 is 13.8 Å². The van der Waals surface area contributed by atoms with Gasteiger partial charge in [-0.1, -0.05) is 0 Å². The fourth-order valence-corrected chi connectivity index (χ4v) is 3.70. The summed E-state index contributed by atoms with van der Waals surface area (Å²) in [6, 6.07) is 1.27. The van der Waals surface area contributed by atoms with E-state index in [1.54, 1.807) is 19.9 Å². The summed E-state index contributed by atoms with van der Waals surface area (Å²) in [7, 11) is -3.26. The van der Waals surface area contributed by atoms with Crippen molar-refractivity contribution in [1.82, 2.24) is 9.55 Å². The third kappa shape index (κ3) is 4.75. The molecular weight excluding hydrogens is 323 g/mol. The van der Waals surface area contributed by atoms with E-state index in [9.17, 15) is 14.2 Å². The molecular formula is C14H21N2O6P. The van der Waals surface area contributed by atoms with Crippen LogP contribution >= 0.6 is 7.60 Å². The van der Waals surface area contributed by atoms with E-state index in [1.807, 2.05) is 0 Å². The van der Waals surface area contributed by atoms with Gasteiger partial charge in [-0.2, -0.15) is 0 Å². The Bertz CT molecular complexity index is 700. The molecule has 0 unspecified atom stereocenters. The average Bonchev–Trinajstić information content (AvgIpc) is 2.94. The average molecular weight is 344 g/mol. The summed E-state index contributed by atoms with van der Waals surface area (Å²) in [6.07, 6.45) is 3.55. The first-order valence-corrected chi connectivity index (χ1v) is 9.13. The molecule has 0 radical (unpaired) electrons. The van der Waals surface area contributed by atoms with Gasteiger partial charge in [0.1, 0.15) is 6.23 Å². The molecule has 1 aliphatic rings. The number of nitrogens with one attached hydrogen (secondary N) is 1. The number of ether oxygens (including phenoxy) is 1. The van der Waals surface area contributed by atoms with Gasteiger partial charge in [-0.25, -0.2) is 4.79 Å². The smallest absolute Gasteiger partial charge is 0.351 e. The van der Waals surface area contributed by atoms with Crippen LogP contribution in [-0.2, 0) is 18.3 Å². The lowest BCUT2D eigenvalue weighted by Crippen LogP contribution is -2.31. The predicted molar refractivity (Wildman–Crippen MR) is 84.5 cm³/mol. The monoisotopic (exact) mass is 344 g/mol. The summed E-state index contributed by atoms with van der Waals surface area (Å²) in [4.78, 5) is 25.0. The quantitative estimate of drug-likeness (QED) is 0.760. The van der Waals surface area contributed by atoms with Crippen molar-refractivity contribution in [3.63, 3.8) is 0 Å². The highest BCUT2D eigenvalue weighted by atomic mass is 31.2. The largest absolute Gasteiger partial charge is 0.353 e. The first-order chi connectivity index (χ1) is 11.0. The van der Waals surface area contributed by atoms with Crippen LogP contribution in [0.2, 0.25) is 0 Å². The van der Waals surface area contributed by atoms with Gasteiger partial charge in [0, 0.05) is 18.1 Å². The molecule has 2 rings (SSSR count). The van der Waals surface area contributed by atoms with Crippen LogP contribution in [0.3, 0.4) is 0 Å². The van der Waals surface area contributed by atoms with E-state index in [2.05, 4.69) is 4.98 Å². The van der Waals surface area contributed by atoms with Gasteiger partial charge in [0.2, 0.25) is 0 Å². The van der Waals surface area contributed by atoms with Crippen molar-refractivity contribution < 1.29 is 18.3 Å². The molecule has 0 bridgehead atoms. The molecule has 0 spiro atoms. The molecule has 1 aliphatic heterocycles. The van der Waals surface area contributed by atoms with Gasteiger partial charge in [-0.3, -0.25) is 18.9 Å². The summed E-state index contributed by atoms with van der Waals surface area (Å²) < 4.78 is 29.7. The lowest BCUT2D eigenvalue weighted by Gasteiger charge is -2.15. The maximum absolute atomic E-state index is 12.3. The van der Waals surface area contributed by atoms with Crippen molar-refractivity contribution in [3.05, 3.63) is 45.0 Å². The molecule has 23 heavy (non-hydrogen) atoms. The molecule has 1 saturated heterocycles. The van der Waals surface area contributed by atoms with Crippen molar-refractivity contribution in [2.24, 2.45) is 0 Å². The minimum Gasteiger partial charge on any atom is -0.351 e.